The molecule has 0 radical (unpaired) electrons. The normalized spacial score (nSPS) is 21.5. The lowest BCUT2D eigenvalue weighted by Crippen LogP contribution is -2.46. The van der Waals surface area contributed by atoms with Crippen LogP contribution in [0.3, 0.4) is 0 Å². The average Bonchev–Trinajstić information content (AvgIpc) is 2.34. The zero-order valence-electron chi connectivity index (χ0n) is 12.9. The van der Waals surface area contributed by atoms with Crippen LogP contribution in [-0.2, 0) is 0 Å². The van der Waals surface area contributed by atoms with Crippen LogP contribution in [0, 0.1) is 11.3 Å². The van der Waals surface area contributed by atoms with Crippen molar-refractivity contribution in [3.05, 3.63) is 0 Å². The van der Waals surface area contributed by atoms with Crippen molar-refractivity contribution in [3.63, 3.8) is 0 Å². The highest BCUT2D eigenvalue weighted by Gasteiger charge is 2.28. The van der Waals surface area contributed by atoms with Gasteiger partial charge in [0, 0.05) is 12.6 Å². The molecule has 1 fully saturated rings. The smallest absolute Gasteiger partial charge is 0.0117 e. The van der Waals surface area contributed by atoms with Crippen molar-refractivity contribution in [2.45, 2.75) is 46.6 Å². The fraction of sp³-hybridized carbons (Fsp3) is 1.00. The summed E-state index contributed by atoms with van der Waals surface area (Å²) in [6.45, 7) is 14.2. The van der Waals surface area contributed by atoms with E-state index in [2.05, 4.69) is 57.2 Å². The molecule has 0 amide bonds. The van der Waals surface area contributed by atoms with Crippen molar-refractivity contribution in [2.75, 3.05) is 39.0 Å². The molecule has 108 valence electrons. The highest BCUT2D eigenvalue weighted by Crippen LogP contribution is 2.28. The van der Waals surface area contributed by atoms with Crippen LogP contribution in [-0.4, -0.2) is 54.8 Å². The van der Waals surface area contributed by atoms with Crippen molar-refractivity contribution in [1.82, 2.24) is 9.80 Å². The molecule has 0 saturated carbocycles. The quantitative estimate of drug-likeness (QED) is 0.769. The molecule has 1 aliphatic heterocycles. The van der Waals surface area contributed by atoms with E-state index in [-0.39, 0.29) is 0 Å². The highest BCUT2D eigenvalue weighted by atomic mass is 32.1. The first-order chi connectivity index (χ1) is 8.38. The lowest BCUT2D eigenvalue weighted by molar-refractivity contribution is 0.0992. The zero-order chi connectivity index (χ0) is 13.8. The standard InChI is InChI=1S/C15H32N2S/c1-6-17-9-7-14(8-10-17)16(5)11-13(12-18)15(2,3)4/h13-14,18H,6-12H2,1-5H3. The molecule has 0 aliphatic carbocycles. The second-order valence-electron chi connectivity index (χ2n) is 6.85. The van der Waals surface area contributed by atoms with Gasteiger partial charge in [0.25, 0.3) is 0 Å². The van der Waals surface area contributed by atoms with E-state index >= 15 is 0 Å². The summed E-state index contributed by atoms with van der Waals surface area (Å²) < 4.78 is 0. The maximum atomic E-state index is 4.54. The molecule has 3 heteroatoms. The summed E-state index contributed by atoms with van der Waals surface area (Å²) in [5, 5.41) is 0. The van der Waals surface area contributed by atoms with E-state index in [1.165, 1.54) is 39.0 Å². The van der Waals surface area contributed by atoms with Crippen molar-refractivity contribution in [1.29, 1.82) is 0 Å². The van der Waals surface area contributed by atoms with Gasteiger partial charge >= 0.3 is 0 Å². The number of likely N-dealkylation sites (tertiary alicyclic amines) is 1. The lowest BCUT2D eigenvalue weighted by Gasteiger charge is -2.40. The molecular formula is C15H32N2S. The predicted octanol–water partition coefficient (Wildman–Crippen LogP) is 2.99. The minimum Gasteiger partial charge on any atom is -0.303 e. The second-order valence-corrected chi connectivity index (χ2v) is 7.22. The van der Waals surface area contributed by atoms with Crippen molar-refractivity contribution < 1.29 is 0 Å². The SMILES string of the molecule is CCN1CCC(N(C)CC(CS)C(C)(C)C)CC1. The van der Waals surface area contributed by atoms with Crippen LogP contribution in [0.25, 0.3) is 0 Å². The first kappa shape index (κ1) is 16.3. The van der Waals surface area contributed by atoms with Crippen molar-refractivity contribution >= 4 is 12.6 Å². The Morgan fingerprint density at radius 1 is 1.28 bits per heavy atom. The molecule has 18 heavy (non-hydrogen) atoms. The van der Waals surface area contributed by atoms with Gasteiger partial charge in [0.05, 0.1) is 0 Å². The third-order valence-corrected chi connectivity index (χ3v) is 5.02. The molecule has 1 rings (SSSR count). The summed E-state index contributed by atoms with van der Waals surface area (Å²) in [5.41, 5.74) is 0.361. The van der Waals surface area contributed by atoms with Crippen LogP contribution in [0.1, 0.15) is 40.5 Å². The Kier molecular flexibility index (Phi) is 6.49. The van der Waals surface area contributed by atoms with E-state index in [9.17, 15) is 0 Å². The van der Waals surface area contributed by atoms with E-state index in [0.717, 1.165) is 11.8 Å². The largest absolute Gasteiger partial charge is 0.303 e. The second kappa shape index (κ2) is 7.16. The maximum absolute atomic E-state index is 4.54. The van der Waals surface area contributed by atoms with Gasteiger partial charge in [-0.1, -0.05) is 27.7 Å². The zero-order valence-corrected chi connectivity index (χ0v) is 13.8. The van der Waals surface area contributed by atoms with Gasteiger partial charge in [0.2, 0.25) is 0 Å². The minimum atomic E-state index is 0.361. The van der Waals surface area contributed by atoms with Gasteiger partial charge in [-0.3, -0.25) is 0 Å². The van der Waals surface area contributed by atoms with Crippen LogP contribution >= 0.6 is 12.6 Å². The number of thiol groups is 1. The molecular weight excluding hydrogens is 240 g/mol. The molecule has 0 aromatic heterocycles. The first-order valence-electron chi connectivity index (χ1n) is 7.42. The fourth-order valence-electron chi connectivity index (χ4n) is 2.78. The highest BCUT2D eigenvalue weighted by molar-refractivity contribution is 7.80. The third kappa shape index (κ3) is 4.75. The third-order valence-electron chi connectivity index (χ3n) is 4.58. The molecule has 0 N–H and O–H groups in total. The predicted molar refractivity (Wildman–Crippen MR) is 84.6 cm³/mol. The van der Waals surface area contributed by atoms with Crippen molar-refractivity contribution in [2.24, 2.45) is 11.3 Å². The Hall–Kier alpha value is 0.270. The molecule has 1 aliphatic rings. The van der Waals surface area contributed by atoms with Crippen LogP contribution < -0.4 is 0 Å². The molecule has 0 aromatic carbocycles. The number of hydrogen-bond acceptors (Lipinski definition) is 3. The van der Waals surface area contributed by atoms with Crippen LogP contribution in [0.2, 0.25) is 0 Å². The van der Waals surface area contributed by atoms with Gasteiger partial charge in [-0.25, -0.2) is 0 Å². The summed E-state index contributed by atoms with van der Waals surface area (Å²) in [6, 6.07) is 0.775. The minimum absolute atomic E-state index is 0.361. The van der Waals surface area contributed by atoms with Gasteiger partial charge in [-0.05, 0) is 56.6 Å². The number of rotatable bonds is 5. The van der Waals surface area contributed by atoms with Gasteiger partial charge < -0.3 is 9.80 Å². The summed E-state index contributed by atoms with van der Waals surface area (Å²) in [7, 11) is 2.30. The van der Waals surface area contributed by atoms with Gasteiger partial charge in [-0.15, -0.1) is 0 Å². The molecule has 1 heterocycles. The van der Waals surface area contributed by atoms with E-state index < -0.39 is 0 Å². The number of piperidine rings is 1. The average molecular weight is 273 g/mol. The number of nitrogens with zero attached hydrogens (tertiary/aromatic N) is 2. The monoisotopic (exact) mass is 272 g/mol. The molecule has 1 atom stereocenters. The molecule has 1 saturated heterocycles. The Balaban J connectivity index is 2.43. The Morgan fingerprint density at radius 2 is 1.83 bits per heavy atom. The Bertz CT molecular complexity index is 229. The summed E-state index contributed by atoms with van der Waals surface area (Å²) in [6.07, 6.45) is 2.65. The van der Waals surface area contributed by atoms with Crippen LogP contribution in [0.5, 0.6) is 0 Å². The molecule has 2 nitrogen and oxygen atoms in total. The van der Waals surface area contributed by atoms with Crippen LogP contribution in [0.4, 0.5) is 0 Å². The Labute approximate surface area is 120 Å². The summed E-state index contributed by atoms with van der Waals surface area (Å²) in [5.74, 6) is 1.66. The molecule has 0 aromatic rings. The van der Waals surface area contributed by atoms with E-state index in [1.54, 1.807) is 0 Å². The number of hydrogen-bond donors (Lipinski definition) is 1. The van der Waals surface area contributed by atoms with Crippen LogP contribution in [0.15, 0.2) is 0 Å². The Morgan fingerprint density at radius 3 is 2.22 bits per heavy atom. The van der Waals surface area contributed by atoms with E-state index in [1.807, 2.05) is 0 Å². The molecule has 1 unspecified atom stereocenters. The summed E-state index contributed by atoms with van der Waals surface area (Å²) in [4.78, 5) is 5.14. The molecule has 0 bridgehead atoms. The fourth-order valence-corrected chi connectivity index (χ4v) is 3.44. The van der Waals surface area contributed by atoms with E-state index in [4.69, 9.17) is 0 Å². The topological polar surface area (TPSA) is 6.48 Å². The first-order valence-corrected chi connectivity index (χ1v) is 8.05. The van der Waals surface area contributed by atoms with Gasteiger partial charge in [0.1, 0.15) is 0 Å². The maximum Gasteiger partial charge on any atom is 0.0117 e. The van der Waals surface area contributed by atoms with Gasteiger partial charge in [-0.2, -0.15) is 12.6 Å². The van der Waals surface area contributed by atoms with Gasteiger partial charge in [0.15, 0.2) is 0 Å². The van der Waals surface area contributed by atoms with E-state index in [0.29, 0.717) is 11.3 Å². The summed E-state index contributed by atoms with van der Waals surface area (Å²) >= 11 is 4.54. The molecule has 0 spiro atoms. The van der Waals surface area contributed by atoms with Crippen molar-refractivity contribution in [3.8, 4) is 0 Å². The lowest BCUT2D eigenvalue weighted by atomic mass is 9.81.